The number of amidine groups is 1. The van der Waals surface area contributed by atoms with E-state index in [0.717, 1.165) is 5.56 Å². The largest absolute Gasteiger partial charge is 0.368 e. The molecule has 28 heavy (non-hydrogen) atoms. The number of primary amides is 2. The van der Waals surface area contributed by atoms with Crippen LogP contribution in [0.3, 0.4) is 0 Å². The van der Waals surface area contributed by atoms with Gasteiger partial charge in [0.1, 0.15) is 0 Å². The zero-order valence-corrected chi connectivity index (χ0v) is 15.2. The second-order valence-electron chi connectivity index (χ2n) is 5.89. The van der Waals surface area contributed by atoms with Crippen LogP contribution in [0.25, 0.3) is 0 Å². The molecule has 0 saturated carbocycles. The Balaban J connectivity index is 2.38. The van der Waals surface area contributed by atoms with E-state index in [-0.39, 0.29) is 11.8 Å². The van der Waals surface area contributed by atoms with Crippen LogP contribution in [-0.2, 0) is 9.59 Å². The molecule has 2 aromatic carbocycles. The molecular formula is C19H21N7O2. The summed E-state index contributed by atoms with van der Waals surface area (Å²) in [7, 11) is 0. The molecule has 0 heterocycles. The molecule has 0 unspecified atom stereocenters. The summed E-state index contributed by atoms with van der Waals surface area (Å²) >= 11 is 0. The van der Waals surface area contributed by atoms with E-state index in [2.05, 4.69) is 15.3 Å². The Labute approximate surface area is 161 Å². The van der Waals surface area contributed by atoms with Crippen LogP contribution in [0.2, 0.25) is 0 Å². The van der Waals surface area contributed by atoms with Gasteiger partial charge in [-0.1, -0.05) is 48.0 Å². The summed E-state index contributed by atoms with van der Waals surface area (Å²) in [5.74, 6) is -2.26. The monoisotopic (exact) mass is 379 g/mol. The van der Waals surface area contributed by atoms with Gasteiger partial charge in [0.15, 0.2) is 17.6 Å². The van der Waals surface area contributed by atoms with Crippen molar-refractivity contribution in [1.82, 2.24) is 0 Å². The van der Waals surface area contributed by atoms with Crippen LogP contribution in [0, 0.1) is 12.3 Å². The summed E-state index contributed by atoms with van der Waals surface area (Å²) in [6.45, 7) is 1.92. The number of hydrogen-bond acceptors (Lipinski definition) is 4. The van der Waals surface area contributed by atoms with Gasteiger partial charge in [-0.15, -0.1) is 0 Å². The maximum Gasteiger partial charge on any atom is 0.270 e. The SMILES string of the molecule is Cc1ccc(NC(=NC(N)=N[C@@H](C(N)=O)c2ccccc2)C(=N)C(N)=O)cc1. The summed E-state index contributed by atoms with van der Waals surface area (Å²) in [5, 5.41) is 10.7. The summed E-state index contributed by atoms with van der Waals surface area (Å²) in [4.78, 5) is 31.2. The highest BCUT2D eigenvalue weighted by Crippen LogP contribution is 2.16. The Morgan fingerprint density at radius 1 is 1.00 bits per heavy atom. The third kappa shape index (κ3) is 5.49. The number of amides is 2. The van der Waals surface area contributed by atoms with E-state index >= 15 is 0 Å². The van der Waals surface area contributed by atoms with Crippen molar-refractivity contribution in [1.29, 1.82) is 5.41 Å². The first kappa shape index (κ1) is 20.3. The molecule has 9 nitrogen and oxygen atoms in total. The Hall–Kier alpha value is -4.01. The van der Waals surface area contributed by atoms with Crippen molar-refractivity contribution in [2.75, 3.05) is 5.32 Å². The lowest BCUT2D eigenvalue weighted by Crippen LogP contribution is -2.36. The van der Waals surface area contributed by atoms with Crippen molar-refractivity contribution in [2.45, 2.75) is 13.0 Å². The zero-order chi connectivity index (χ0) is 20.7. The first-order chi connectivity index (χ1) is 13.3. The maximum absolute atomic E-state index is 11.8. The minimum absolute atomic E-state index is 0.200. The molecule has 0 aromatic heterocycles. The van der Waals surface area contributed by atoms with Crippen LogP contribution >= 0.6 is 0 Å². The number of aliphatic imine (C=N–C) groups is 2. The smallest absolute Gasteiger partial charge is 0.270 e. The van der Waals surface area contributed by atoms with Crippen molar-refractivity contribution in [2.24, 2.45) is 27.2 Å². The average molecular weight is 379 g/mol. The molecule has 2 aromatic rings. The second kappa shape index (κ2) is 9.08. The van der Waals surface area contributed by atoms with Gasteiger partial charge in [-0.2, -0.15) is 4.99 Å². The van der Waals surface area contributed by atoms with Crippen LogP contribution in [0.1, 0.15) is 17.2 Å². The molecule has 0 aliphatic heterocycles. The fourth-order valence-corrected chi connectivity index (χ4v) is 2.25. The first-order valence-corrected chi connectivity index (χ1v) is 8.26. The van der Waals surface area contributed by atoms with Crippen molar-refractivity contribution in [3.63, 3.8) is 0 Å². The average Bonchev–Trinajstić information content (AvgIpc) is 2.67. The van der Waals surface area contributed by atoms with E-state index in [1.165, 1.54) is 0 Å². The van der Waals surface area contributed by atoms with Crippen LogP contribution in [0.15, 0.2) is 64.6 Å². The molecule has 0 bridgehead atoms. The highest BCUT2D eigenvalue weighted by molar-refractivity contribution is 6.67. The standard InChI is InChI=1S/C19H21N7O2/c1-11-7-9-13(10-8-11)24-18(14(20)16(21)27)26-19(23)25-15(17(22)28)12-5-3-2-4-6-12/h2-10,15,20H,1H3,(H2,21,27)(H2,22,28)(H3,23,24,25,26)/t15-/m1/s1. The number of aryl methyl sites for hydroxylation is 1. The lowest BCUT2D eigenvalue weighted by Gasteiger charge is -2.11. The normalized spacial score (nSPS) is 12.9. The summed E-state index contributed by atoms with van der Waals surface area (Å²) < 4.78 is 0. The van der Waals surface area contributed by atoms with Gasteiger partial charge in [-0.25, -0.2) is 4.99 Å². The molecule has 9 heteroatoms. The van der Waals surface area contributed by atoms with Crippen molar-refractivity contribution in [3.8, 4) is 0 Å². The van der Waals surface area contributed by atoms with E-state index in [1.54, 1.807) is 42.5 Å². The Bertz CT molecular complexity index is 935. The minimum Gasteiger partial charge on any atom is -0.368 e. The van der Waals surface area contributed by atoms with E-state index < -0.39 is 23.6 Å². The predicted molar refractivity (Wildman–Crippen MR) is 109 cm³/mol. The molecule has 144 valence electrons. The molecule has 0 aliphatic carbocycles. The number of rotatable bonds is 6. The Morgan fingerprint density at radius 2 is 1.61 bits per heavy atom. The van der Waals surface area contributed by atoms with E-state index in [1.807, 2.05) is 19.1 Å². The van der Waals surface area contributed by atoms with E-state index in [9.17, 15) is 9.59 Å². The molecule has 1 atom stereocenters. The van der Waals surface area contributed by atoms with E-state index in [0.29, 0.717) is 11.3 Å². The number of hydrogen-bond donors (Lipinski definition) is 5. The van der Waals surface area contributed by atoms with Crippen molar-refractivity contribution >= 4 is 35.0 Å². The molecule has 0 fully saturated rings. The predicted octanol–water partition coefficient (Wildman–Crippen LogP) is 0.852. The molecule has 8 N–H and O–H groups in total. The second-order valence-corrected chi connectivity index (χ2v) is 5.89. The van der Waals surface area contributed by atoms with Gasteiger partial charge in [0.05, 0.1) is 0 Å². The van der Waals surface area contributed by atoms with Crippen molar-refractivity contribution in [3.05, 3.63) is 65.7 Å². The lowest BCUT2D eigenvalue weighted by atomic mass is 10.1. The Morgan fingerprint density at radius 3 is 2.14 bits per heavy atom. The quantitative estimate of drug-likeness (QED) is 0.370. The number of anilines is 1. The number of guanidine groups is 1. The molecule has 0 spiro atoms. The highest BCUT2D eigenvalue weighted by Gasteiger charge is 2.18. The molecule has 2 amide bonds. The number of carbonyl (C=O) groups excluding carboxylic acids is 2. The summed E-state index contributed by atoms with van der Waals surface area (Å²) in [6, 6.07) is 14.7. The number of nitrogens with zero attached hydrogens (tertiary/aromatic N) is 2. The van der Waals surface area contributed by atoms with Gasteiger partial charge >= 0.3 is 0 Å². The number of nitrogens with two attached hydrogens (primary N) is 3. The minimum atomic E-state index is -1.06. The third-order valence-corrected chi connectivity index (χ3v) is 3.67. The fraction of sp³-hybridized carbons (Fsp3) is 0.105. The topological polar surface area (TPSA) is 173 Å². The van der Waals surface area contributed by atoms with Crippen LogP contribution in [-0.4, -0.2) is 29.3 Å². The van der Waals surface area contributed by atoms with Gasteiger partial charge in [-0.05, 0) is 24.6 Å². The molecule has 0 aliphatic rings. The summed E-state index contributed by atoms with van der Waals surface area (Å²) in [5.41, 5.74) is 18.0. The zero-order valence-electron chi connectivity index (χ0n) is 15.2. The Kier molecular flexibility index (Phi) is 6.58. The van der Waals surface area contributed by atoms with Gasteiger partial charge < -0.3 is 22.5 Å². The van der Waals surface area contributed by atoms with Crippen LogP contribution in [0.5, 0.6) is 0 Å². The molecule has 2 rings (SSSR count). The van der Waals surface area contributed by atoms with Crippen molar-refractivity contribution < 1.29 is 9.59 Å². The molecule has 0 radical (unpaired) electrons. The van der Waals surface area contributed by atoms with Gasteiger partial charge in [0.2, 0.25) is 11.9 Å². The van der Waals surface area contributed by atoms with Crippen LogP contribution < -0.4 is 22.5 Å². The molecular weight excluding hydrogens is 358 g/mol. The van der Waals surface area contributed by atoms with Gasteiger partial charge in [0, 0.05) is 5.69 Å². The van der Waals surface area contributed by atoms with Crippen LogP contribution in [0.4, 0.5) is 5.69 Å². The first-order valence-electron chi connectivity index (χ1n) is 8.26. The fourth-order valence-electron chi connectivity index (χ4n) is 2.25. The highest BCUT2D eigenvalue weighted by atomic mass is 16.1. The number of benzene rings is 2. The maximum atomic E-state index is 11.8. The lowest BCUT2D eigenvalue weighted by molar-refractivity contribution is -0.119. The van der Waals surface area contributed by atoms with Gasteiger partial charge in [0.25, 0.3) is 5.91 Å². The molecule has 0 saturated heterocycles. The number of carbonyl (C=O) groups is 2. The van der Waals surface area contributed by atoms with Gasteiger partial charge in [-0.3, -0.25) is 15.0 Å². The number of nitrogens with one attached hydrogen (secondary N) is 2. The van der Waals surface area contributed by atoms with E-state index in [4.69, 9.17) is 22.6 Å². The third-order valence-electron chi connectivity index (χ3n) is 3.67. The summed E-state index contributed by atoms with van der Waals surface area (Å²) in [6.07, 6.45) is 0.